The molecule has 0 aliphatic rings. The lowest BCUT2D eigenvalue weighted by atomic mass is 10.2. The van der Waals surface area contributed by atoms with Gasteiger partial charge in [0.1, 0.15) is 11.5 Å². The summed E-state index contributed by atoms with van der Waals surface area (Å²) in [5.74, 6) is 0.431. The van der Waals surface area contributed by atoms with Crippen molar-refractivity contribution in [1.82, 2.24) is 0 Å². The maximum atomic E-state index is 12.1. The number of rotatable bonds is 4. The number of hydrogen-bond acceptors (Lipinski definition) is 4. The van der Waals surface area contributed by atoms with Crippen LogP contribution in [-0.4, -0.2) is 26.8 Å². The maximum Gasteiger partial charge on any atom is 0.282 e. The van der Waals surface area contributed by atoms with E-state index in [4.69, 9.17) is 4.74 Å². The van der Waals surface area contributed by atoms with Crippen LogP contribution in [0.1, 0.15) is 11.1 Å². The van der Waals surface area contributed by atoms with Crippen molar-refractivity contribution in [2.45, 2.75) is 11.8 Å². The zero-order valence-corrected chi connectivity index (χ0v) is 12.5. The van der Waals surface area contributed by atoms with Gasteiger partial charge in [0.15, 0.2) is 0 Å². The average molecular weight is 305 g/mol. The number of sulfonamides is 1. The van der Waals surface area contributed by atoms with Crippen LogP contribution in [0.5, 0.6) is 11.5 Å². The van der Waals surface area contributed by atoms with Crippen LogP contribution in [0.4, 0.5) is 0 Å². The molecule has 0 saturated carbocycles. The van der Waals surface area contributed by atoms with Crippen molar-refractivity contribution >= 4 is 16.2 Å². The van der Waals surface area contributed by atoms with Gasteiger partial charge in [-0.2, -0.15) is 12.8 Å². The van der Waals surface area contributed by atoms with Crippen LogP contribution in [0.25, 0.3) is 0 Å². The highest BCUT2D eigenvalue weighted by Crippen LogP contribution is 2.22. The van der Waals surface area contributed by atoms with Gasteiger partial charge in [-0.3, -0.25) is 0 Å². The number of nitrogens with zero attached hydrogens (tertiary/aromatic N) is 1. The summed E-state index contributed by atoms with van der Waals surface area (Å²) in [6, 6.07) is 10.9. The molecular formula is C15H15NO4S. The van der Waals surface area contributed by atoms with E-state index in [1.165, 1.54) is 31.4 Å². The van der Waals surface area contributed by atoms with Crippen LogP contribution in [0.15, 0.2) is 51.8 Å². The van der Waals surface area contributed by atoms with E-state index < -0.39 is 10.0 Å². The molecule has 0 fully saturated rings. The molecule has 6 heteroatoms. The lowest BCUT2D eigenvalue weighted by Gasteiger charge is -2.03. The summed E-state index contributed by atoms with van der Waals surface area (Å²) in [5.41, 5.74) is 1.23. The fourth-order valence-corrected chi connectivity index (χ4v) is 2.51. The molecule has 5 nitrogen and oxygen atoms in total. The van der Waals surface area contributed by atoms with Crippen molar-refractivity contribution in [3.05, 3.63) is 53.6 Å². The second-order valence-corrected chi connectivity index (χ2v) is 6.08. The molecule has 0 heterocycles. The van der Waals surface area contributed by atoms with Crippen molar-refractivity contribution in [3.8, 4) is 11.5 Å². The smallest absolute Gasteiger partial charge is 0.282 e. The summed E-state index contributed by atoms with van der Waals surface area (Å²) in [7, 11) is -2.31. The third-order valence-corrected chi connectivity index (χ3v) is 4.13. The van der Waals surface area contributed by atoms with Gasteiger partial charge in [-0.25, -0.2) is 0 Å². The first-order valence-corrected chi connectivity index (χ1v) is 7.60. The quantitative estimate of drug-likeness (QED) is 0.881. The predicted octanol–water partition coefficient (Wildman–Crippen LogP) is 2.52. The summed E-state index contributed by atoms with van der Waals surface area (Å²) in [4.78, 5) is 0.103. The monoisotopic (exact) mass is 305 g/mol. The zero-order chi connectivity index (χ0) is 15.5. The highest BCUT2D eigenvalue weighted by molar-refractivity contribution is 7.90. The van der Waals surface area contributed by atoms with Gasteiger partial charge in [0.2, 0.25) is 0 Å². The maximum absolute atomic E-state index is 12.1. The van der Waals surface area contributed by atoms with Gasteiger partial charge >= 0.3 is 0 Å². The minimum Gasteiger partial charge on any atom is -0.507 e. The van der Waals surface area contributed by atoms with Crippen molar-refractivity contribution in [2.75, 3.05) is 7.11 Å². The number of phenols is 1. The highest BCUT2D eigenvalue weighted by atomic mass is 32.2. The lowest BCUT2D eigenvalue weighted by molar-refractivity contribution is 0.412. The van der Waals surface area contributed by atoms with Crippen molar-refractivity contribution in [3.63, 3.8) is 0 Å². The second-order valence-electron chi connectivity index (χ2n) is 4.45. The molecule has 0 aliphatic heterocycles. The molecule has 0 aliphatic carbocycles. The number of ether oxygens (including phenoxy) is 1. The van der Waals surface area contributed by atoms with Crippen LogP contribution in [0.3, 0.4) is 0 Å². The summed E-state index contributed by atoms with van der Waals surface area (Å²) < 4.78 is 32.8. The molecule has 0 spiro atoms. The Morgan fingerprint density at radius 2 is 1.81 bits per heavy atom. The Bertz CT molecular complexity index is 765. The lowest BCUT2D eigenvalue weighted by Crippen LogP contribution is -1.98. The van der Waals surface area contributed by atoms with E-state index in [2.05, 4.69) is 4.40 Å². The van der Waals surface area contributed by atoms with Gasteiger partial charge in [0, 0.05) is 5.56 Å². The van der Waals surface area contributed by atoms with Crippen molar-refractivity contribution in [2.24, 2.45) is 4.40 Å². The van der Waals surface area contributed by atoms with E-state index >= 15 is 0 Å². The first-order valence-electron chi connectivity index (χ1n) is 6.16. The Morgan fingerprint density at radius 1 is 1.14 bits per heavy atom. The van der Waals surface area contributed by atoms with E-state index in [9.17, 15) is 13.5 Å². The average Bonchev–Trinajstić information content (AvgIpc) is 2.47. The normalized spacial score (nSPS) is 11.7. The second kappa shape index (κ2) is 5.97. The number of aromatic hydroxyl groups is 1. The van der Waals surface area contributed by atoms with Crippen LogP contribution in [0, 0.1) is 6.92 Å². The molecule has 110 valence electrons. The minimum atomic E-state index is -3.79. The van der Waals surface area contributed by atoms with Gasteiger partial charge in [-0.05, 0) is 37.3 Å². The highest BCUT2D eigenvalue weighted by Gasteiger charge is 2.11. The summed E-state index contributed by atoms with van der Waals surface area (Å²) in [5, 5.41) is 9.69. The molecule has 0 radical (unpaired) electrons. The number of phenolic OH excluding ortho intramolecular Hbond substituents is 1. The Labute approximate surface area is 123 Å². The zero-order valence-electron chi connectivity index (χ0n) is 11.6. The Kier molecular flexibility index (Phi) is 4.28. The summed E-state index contributed by atoms with van der Waals surface area (Å²) in [6.45, 7) is 1.87. The molecule has 0 bridgehead atoms. The molecule has 1 N–H and O–H groups in total. The predicted molar refractivity (Wildman–Crippen MR) is 80.6 cm³/mol. The van der Waals surface area contributed by atoms with Crippen LogP contribution >= 0.6 is 0 Å². The third-order valence-electron chi connectivity index (χ3n) is 2.88. The summed E-state index contributed by atoms with van der Waals surface area (Å²) >= 11 is 0. The molecule has 0 amide bonds. The van der Waals surface area contributed by atoms with Gasteiger partial charge in [0.25, 0.3) is 10.0 Å². The molecule has 0 unspecified atom stereocenters. The Balaban J connectivity index is 2.34. The van der Waals surface area contributed by atoms with Crippen LogP contribution < -0.4 is 4.74 Å². The van der Waals surface area contributed by atoms with Crippen molar-refractivity contribution in [1.29, 1.82) is 0 Å². The molecular weight excluding hydrogens is 290 g/mol. The Hall–Kier alpha value is -2.34. The molecule has 0 aromatic heterocycles. The topological polar surface area (TPSA) is 76.0 Å². The number of aryl methyl sites for hydroxylation is 1. The molecule has 2 aromatic rings. The first-order chi connectivity index (χ1) is 9.92. The molecule has 2 aromatic carbocycles. The molecule has 21 heavy (non-hydrogen) atoms. The van der Waals surface area contributed by atoms with Gasteiger partial charge in [-0.1, -0.05) is 17.7 Å². The standard InChI is InChI=1S/C15H15NO4S/c1-11-3-6-14(7-4-11)21(18,19)16-10-12-9-13(20-2)5-8-15(12)17/h3-10,17H,1-2H3/b16-10+. The van der Waals surface area contributed by atoms with Gasteiger partial charge in [0.05, 0.1) is 18.2 Å². The van der Waals surface area contributed by atoms with Gasteiger partial charge < -0.3 is 9.84 Å². The largest absolute Gasteiger partial charge is 0.507 e. The Morgan fingerprint density at radius 3 is 2.43 bits per heavy atom. The van der Waals surface area contributed by atoms with E-state index in [0.717, 1.165) is 11.8 Å². The van der Waals surface area contributed by atoms with Crippen LogP contribution in [-0.2, 0) is 10.0 Å². The number of hydrogen-bond donors (Lipinski definition) is 1. The van der Waals surface area contributed by atoms with E-state index in [-0.39, 0.29) is 16.2 Å². The van der Waals surface area contributed by atoms with Crippen molar-refractivity contribution < 1.29 is 18.3 Å². The minimum absolute atomic E-state index is 0.0707. The number of benzene rings is 2. The van der Waals surface area contributed by atoms with Gasteiger partial charge in [-0.15, -0.1) is 0 Å². The molecule has 2 rings (SSSR count). The SMILES string of the molecule is COc1ccc(O)c(/C=N/S(=O)(=O)c2ccc(C)cc2)c1. The number of methoxy groups -OCH3 is 1. The molecule has 0 saturated heterocycles. The van der Waals surface area contributed by atoms with E-state index in [0.29, 0.717) is 5.75 Å². The fourth-order valence-electron chi connectivity index (χ4n) is 1.66. The fraction of sp³-hybridized carbons (Fsp3) is 0.133. The summed E-state index contributed by atoms with van der Waals surface area (Å²) in [6.07, 6.45) is 1.10. The van der Waals surface area contributed by atoms with Crippen LogP contribution in [0.2, 0.25) is 0 Å². The molecule has 0 atom stereocenters. The van der Waals surface area contributed by atoms with E-state index in [1.807, 2.05) is 6.92 Å². The third kappa shape index (κ3) is 3.61. The van der Waals surface area contributed by atoms with E-state index in [1.54, 1.807) is 18.2 Å². The first kappa shape index (κ1) is 15.1.